The summed E-state index contributed by atoms with van der Waals surface area (Å²) in [6.45, 7) is 10.4. The lowest BCUT2D eigenvalue weighted by atomic mass is 10.1. The maximum Gasteiger partial charge on any atom is 0.313 e. The molecule has 0 fully saturated rings. The van der Waals surface area contributed by atoms with E-state index in [1.165, 1.54) is 4.90 Å². The molecule has 3 rings (SSSR count). The monoisotopic (exact) mass is 550 g/mol. The summed E-state index contributed by atoms with van der Waals surface area (Å²) in [5, 5.41) is 2.68. The highest BCUT2D eigenvalue weighted by atomic mass is 32.2. The molecule has 0 aliphatic rings. The SMILES string of the molecule is CC(C)CN(Cc1cccc(CN)c1)C(=O)C(=O)Nc1ccc(-c2ccccc2S(=O)(=O)NC(C)(C)C)cc1. The zero-order valence-electron chi connectivity index (χ0n) is 23.2. The van der Waals surface area contributed by atoms with Crippen molar-refractivity contribution in [3.05, 3.63) is 83.9 Å². The molecule has 0 saturated heterocycles. The van der Waals surface area contributed by atoms with Crippen molar-refractivity contribution in [2.24, 2.45) is 11.7 Å². The topological polar surface area (TPSA) is 122 Å². The molecule has 0 aliphatic carbocycles. The van der Waals surface area contributed by atoms with Crippen LogP contribution in [-0.2, 0) is 32.7 Å². The molecule has 39 heavy (non-hydrogen) atoms. The van der Waals surface area contributed by atoms with E-state index in [4.69, 9.17) is 5.73 Å². The molecule has 3 aromatic carbocycles. The molecule has 0 aromatic heterocycles. The van der Waals surface area contributed by atoms with Crippen molar-refractivity contribution >= 4 is 27.5 Å². The molecule has 4 N–H and O–H groups in total. The minimum absolute atomic E-state index is 0.162. The number of nitrogens with two attached hydrogens (primary N) is 1. The number of sulfonamides is 1. The van der Waals surface area contributed by atoms with Gasteiger partial charge in [-0.2, -0.15) is 0 Å². The van der Waals surface area contributed by atoms with Crippen LogP contribution >= 0.6 is 0 Å². The van der Waals surface area contributed by atoms with E-state index in [9.17, 15) is 18.0 Å². The van der Waals surface area contributed by atoms with Crippen LogP contribution in [0.5, 0.6) is 0 Å². The van der Waals surface area contributed by atoms with E-state index in [1.54, 1.807) is 69.3 Å². The number of hydrogen-bond acceptors (Lipinski definition) is 5. The maximum atomic E-state index is 13.1. The van der Waals surface area contributed by atoms with Gasteiger partial charge in [-0.15, -0.1) is 0 Å². The van der Waals surface area contributed by atoms with Crippen LogP contribution < -0.4 is 15.8 Å². The van der Waals surface area contributed by atoms with Gasteiger partial charge >= 0.3 is 11.8 Å². The van der Waals surface area contributed by atoms with E-state index >= 15 is 0 Å². The number of rotatable bonds is 9. The second kappa shape index (κ2) is 12.5. The Morgan fingerprint density at radius 2 is 1.56 bits per heavy atom. The summed E-state index contributed by atoms with van der Waals surface area (Å²) in [6.07, 6.45) is 0. The van der Waals surface area contributed by atoms with Crippen LogP contribution in [0.25, 0.3) is 11.1 Å². The summed E-state index contributed by atoms with van der Waals surface area (Å²) >= 11 is 0. The Kier molecular flexibility index (Phi) is 9.66. The number of carbonyl (C=O) groups is 2. The lowest BCUT2D eigenvalue weighted by Crippen LogP contribution is -2.41. The van der Waals surface area contributed by atoms with Gasteiger partial charge in [0.2, 0.25) is 10.0 Å². The molecular formula is C30H38N4O4S. The van der Waals surface area contributed by atoms with Crippen LogP contribution in [0.1, 0.15) is 45.7 Å². The number of hydrogen-bond donors (Lipinski definition) is 3. The summed E-state index contributed by atoms with van der Waals surface area (Å²) in [5.74, 6) is -1.20. The van der Waals surface area contributed by atoms with E-state index in [1.807, 2.05) is 38.1 Å². The van der Waals surface area contributed by atoms with E-state index < -0.39 is 27.4 Å². The first-order valence-electron chi connectivity index (χ1n) is 12.9. The lowest BCUT2D eigenvalue weighted by molar-refractivity contribution is -0.143. The quantitative estimate of drug-likeness (QED) is 0.339. The van der Waals surface area contributed by atoms with E-state index in [-0.39, 0.29) is 10.8 Å². The van der Waals surface area contributed by atoms with E-state index in [0.717, 1.165) is 11.1 Å². The molecule has 2 amide bonds. The molecule has 9 heteroatoms. The minimum atomic E-state index is -3.76. The van der Waals surface area contributed by atoms with Crippen LogP contribution in [0.2, 0.25) is 0 Å². The second-order valence-corrected chi connectivity index (χ2v) is 12.6. The summed E-state index contributed by atoms with van der Waals surface area (Å²) in [4.78, 5) is 27.7. The zero-order chi connectivity index (χ0) is 28.8. The minimum Gasteiger partial charge on any atom is -0.330 e. The van der Waals surface area contributed by atoms with Gasteiger partial charge in [0.05, 0.1) is 4.90 Å². The molecule has 0 saturated carbocycles. The van der Waals surface area contributed by atoms with Crippen molar-refractivity contribution < 1.29 is 18.0 Å². The summed E-state index contributed by atoms with van der Waals surface area (Å²) in [7, 11) is -3.76. The average Bonchev–Trinajstić information content (AvgIpc) is 2.87. The van der Waals surface area contributed by atoms with Gasteiger partial charge in [0.1, 0.15) is 0 Å². The lowest BCUT2D eigenvalue weighted by Gasteiger charge is -2.24. The molecular weight excluding hydrogens is 512 g/mol. The van der Waals surface area contributed by atoms with E-state index in [0.29, 0.717) is 36.4 Å². The first-order chi connectivity index (χ1) is 18.3. The van der Waals surface area contributed by atoms with Gasteiger partial charge in [0.15, 0.2) is 0 Å². The Balaban J connectivity index is 1.78. The molecule has 0 unspecified atom stereocenters. The van der Waals surface area contributed by atoms with Crippen molar-refractivity contribution in [2.75, 3.05) is 11.9 Å². The standard InChI is InChI=1S/C30H38N4O4S/c1-21(2)19-34(20-23-10-8-9-22(17-23)18-31)29(36)28(35)32-25-15-13-24(14-16-25)26-11-6-7-12-27(26)39(37,38)33-30(3,4)5/h6-17,21,33H,18-20,31H2,1-5H3,(H,32,35). The Bertz CT molecular complexity index is 1410. The van der Waals surface area contributed by atoms with Gasteiger partial charge in [0.25, 0.3) is 0 Å². The third kappa shape index (κ3) is 8.48. The van der Waals surface area contributed by atoms with Crippen molar-refractivity contribution in [1.29, 1.82) is 0 Å². The summed E-state index contributed by atoms with van der Waals surface area (Å²) in [6, 6.07) is 21.1. The number of carbonyl (C=O) groups excluding carboxylic acids is 2. The van der Waals surface area contributed by atoms with Crippen molar-refractivity contribution in [2.45, 2.75) is 58.1 Å². The molecule has 0 bridgehead atoms. The van der Waals surface area contributed by atoms with Crippen LogP contribution in [0.15, 0.2) is 77.7 Å². The fourth-order valence-electron chi connectivity index (χ4n) is 4.19. The van der Waals surface area contributed by atoms with Gasteiger partial charge in [-0.1, -0.05) is 68.4 Å². The predicted octanol–water partition coefficient (Wildman–Crippen LogP) is 4.51. The third-order valence-corrected chi connectivity index (χ3v) is 7.55. The first-order valence-corrected chi connectivity index (χ1v) is 14.4. The number of anilines is 1. The Hall–Kier alpha value is -3.53. The zero-order valence-corrected chi connectivity index (χ0v) is 24.0. The highest BCUT2D eigenvalue weighted by Crippen LogP contribution is 2.29. The smallest absolute Gasteiger partial charge is 0.313 e. The first kappa shape index (κ1) is 30.0. The van der Waals surface area contributed by atoms with E-state index in [2.05, 4.69) is 10.0 Å². The van der Waals surface area contributed by atoms with Gasteiger partial charge in [0, 0.05) is 36.4 Å². The molecule has 0 heterocycles. The van der Waals surface area contributed by atoms with Gasteiger partial charge < -0.3 is 16.0 Å². The normalized spacial score (nSPS) is 11.9. The molecule has 0 aliphatic heterocycles. The second-order valence-electron chi connectivity index (χ2n) is 11.0. The fourth-order valence-corrected chi connectivity index (χ4v) is 5.84. The molecule has 0 radical (unpaired) electrons. The Morgan fingerprint density at radius 3 is 2.18 bits per heavy atom. The molecule has 0 atom stereocenters. The highest BCUT2D eigenvalue weighted by Gasteiger charge is 2.25. The average molecular weight is 551 g/mol. The van der Waals surface area contributed by atoms with Crippen LogP contribution in [0.4, 0.5) is 5.69 Å². The van der Waals surface area contributed by atoms with Gasteiger partial charge in [-0.3, -0.25) is 9.59 Å². The fraction of sp³-hybridized carbons (Fsp3) is 0.333. The van der Waals surface area contributed by atoms with Gasteiger partial charge in [-0.05, 0) is 61.6 Å². The van der Waals surface area contributed by atoms with Gasteiger partial charge in [-0.25, -0.2) is 13.1 Å². The maximum absolute atomic E-state index is 13.1. The molecule has 8 nitrogen and oxygen atoms in total. The third-order valence-electron chi connectivity index (χ3n) is 5.74. The van der Waals surface area contributed by atoms with Crippen molar-refractivity contribution in [3.63, 3.8) is 0 Å². The van der Waals surface area contributed by atoms with Crippen molar-refractivity contribution in [3.8, 4) is 11.1 Å². The number of amides is 2. The van der Waals surface area contributed by atoms with Crippen LogP contribution in [0.3, 0.4) is 0 Å². The van der Waals surface area contributed by atoms with Crippen molar-refractivity contribution in [1.82, 2.24) is 9.62 Å². The summed E-state index contributed by atoms with van der Waals surface area (Å²) in [5.41, 5.74) is 8.60. The largest absolute Gasteiger partial charge is 0.330 e. The number of benzene rings is 3. The number of nitrogens with one attached hydrogen (secondary N) is 2. The molecule has 208 valence electrons. The summed E-state index contributed by atoms with van der Waals surface area (Å²) < 4.78 is 28.7. The Morgan fingerprint density at radius 1 is 0.923 bits per heavy atom. The predicted molar refractivity (Wildman–Crippen MR) is 155 cm³/mol. The Labute approximate surface area is 231 Å². The molecule has 0 spiro atoms. The highest BCUT2D eigenvalue weighted by molar-refractivity contribution is 7.89. The van der Waals surface area contributed by atoms with Crippen LogP contribution in [-0.4, -0.2) is 37.2 Å². The van der Waals surface area contributed by atoms with Crippen LogP contribution in [0, 0.1) is 5.92 Å². The molecule has 3 aromatic rings. The number of nitrogens with zero attached hydrogens (tertiary/aromatic N) is 1.